The zero-order valence-corrected chi connectivity index (χ0v) is 12.3. The number of halogens is 1. The molecule has 0 aromatic heterocycles. The second-order valence-electron chi connectivity index (χ2n) is 4.73. The third-order valence-electron chi connectivity index (χ3n) is 3.09. The number of hydrogen-bond acceptors (Lipinski definition) is 4. The van der Waals surface area contributed by atoms with Gasteiger partial charge in [0.25, 0.3) is 0 Å². The van der Waals surface area contributed by atoms with Gasteiger partial charge in [0, 0.05) is 29.7 Å². The summed E-state index contributed by atoms with van der Waals surface area (Å²) in [5.41, 5.74) is 7.10. The fourth-order valence-electron chi connectivity index (χ4n) is 1.51. The van der Waals surface area contributed by atoms with Crippen molar-refractivity contribution in [1.82, 2.24) is 10.2 Å². The Balaban J connectivity index is 2.61. The molecule has 0 aliphatic heterocycles. The number of nitrogens with zero attached hydrogens (tertiary/aromatic N) is 2. The van der Waals surface area contributed by atoms with E-state index in [4.69, 9.17) is 22.5 Å². The highest BCUT2D eigenvalue weighted by molar-refractivity contribution is 6.31. The summed E-state index contributed by atoms with van der Waals surface area (Å²) in [5.74, 6) is 0.0580. The number of rotatable bonds is 6. The summed E-state index contributed by atoms with van der Waals surface area (Å²) in [6.07, 6.45) is 0. The minimum absolute atomic E-state index is 0.0580. The van der Waals surface area contributed by atoms with Gasteiger partial charge in [-0.3, -0.25) is 0 Å². The van der Waals surface area contributed by atoms with Crippen molar-refractivity contribution in [3.8, 4) is 0 Å². The van der Waals surface area contributed by atoms with Crippen LogP contribution in [0.2, 0.25) is 5.02 Å². The van der Waals surface area contributed by atoms with Gasteiger partial charge in [-0.25, -0.2) is 0 Å². The molecule has 0 radical (unpaired) electrons. The fraction of sp³-hybridized carbons (Fsp3) is 0.462. The second kappa shape index (κ2) is 7.33. The molecule has 6 heteroatoms. The molecule has 0 aliphatic rings. The first-order valence-electron chi connectivity index (χ1n) is 6.09. The maximum absolute atomic E-state index is 8.61. The first kappa shape index (κ1) is 15.8. The quantitative estimate of drug-likeness (QED) is 0.320. The Morgan fingerprint density at radius 1 is 1.53 bits per heavy atom. The van der Waals surface area contributed by atoms with Crippen LogP contribution in [0.3, 0.4) is 0 Å². The molecule has 0 heterocycles. The molecule has 0 saturated heterocycles. The molecule has 1 atom stereocenters. The van der Waals surface area contributed by atoms with Crippen molar-refractivity contribution >= 4 is 17.4 Å². The van der Waals surface area contributed by atoms with Gasteiger partial charge in [-0.1, -0.05) is 28.9 Å². The van der Waals surface area contributed by atoms with E-state index in [1.54, 1.807) is 12.1 Å². The van der Waals surface area contributed by atoms with E-state index in [0.29, 0.717) is 23.2 Å². The van der Waals surface area contributed by atoms with Crippen LogP contribution in [0, 0.1) is 0 Å². The molecule has 0 saturated carbocycles. The number of oxime groups is 1. The monoisotopic (exact) mass is 284 g/mol. The van der Waals surface area contributed by atoms with Crippen molar-refractivity contribution in [1.29, 1.82) is 0 Å². The summed E-state index contributed by atoms with van der Waals surface area (Å²) in [4.78, 5) is 2.15. The van der Waals surface area contributed by atoms with Crippen LogP contribution in [0.25, 0.3) is 0 Å². The molecule has 1 rings (SSSR count). The van der Waals surface area contributed by atoms with Crippen LogP contribution in [0.15, 0.2) is 23.4 Å². The number of nitrogens with one attached hydrogen (secondary N) is 1. The summed E-state index contributed by atoms with van der Waals surface area (Å²) in [7, 11) is 4.09. The van der Waals surface area contributed by atoms with E-state index in [2.05, 4.69) is 22.3 Å². The molecule has 0 amide bonds. The van der Waals surface area contributed by atoms with Gasteiger partial charge in [0.15, 0.2) is 5.84 Å². The van der Waals surface area contributed by atoms with Crippen LogP contribution in [0.1, 0.15) is 18.1 Å². The predicted octanol–water partition coefficient (Wildman–Crippen LogP) is 1.47. The maximum atomic E-state index is 8.61. The molecule has 19 heavy (non-hydrogen) atoms. The van der Waals surface area contributed by atoms with Gasteiger partial charge < -0.3 is 21.2 Å². The van der Waals surface area contributed by atoms with Gasteiger partial charge in [0.1, 0.15) is 0 Å². The molecule has 1 unspecified atom stereocenters. The molecule has 0 bridgehead atoms. The predicted molar refractivity (Wildman–Crippen MR) is 78.8 cm³/mol. The Hall–Kier alpha value is -1.30. The van der Waals surface area contributed by atoms with E-state index in [0.717, 1.165) is 12.1 Å². The fourth-order valence-corrected chi connectivity index (χ4v) is 1.75. The van der Waals surface area contributed by atoms with Crippen LogP contribution in [-0.2, 0) is 6.54 Å². The number of amidine groups is 1. The Morgan fingerprint density at radius 2 is 2.21 bits per heavy atom. The van der Waals surface area contributed by atoms with Gasteiger partial charge >= 0.3 is 0 Å². The van der Waals surface area contributed by atoms with Crippen molar-refractivity contribution in [2.45, 2.75) is 19.5 Å². The average molecular weight is 285 g/mol. The Kier molecular flexibility index (Phi) is 6.08. The van der Waals surface area contributed by atoms with Crippen molar-refractivity contribution in [3.05, 3.63) is 34.3 Å². The molecule has 0 aliphatic carbocycles. The van der Waals surface area contributed by atoms with Gasteiger partial charge in [-0.15, -0.1) is 0 Å². The zero-order valence-electron chi connectivity index (χ0n) is 11.5. The third-order valence-corrected chi connectivity index (χ3v) is 3.45. The SMILES string of the molecule is CC(CNCc1ccc(/C(N)=N/O)cc1Cl)N(C)C. The summed E-state index contributed by atoms with van der Waals surface area (Å²) in [6, 6.07) is 5.81. The van der Waals surface area contributed by atoms with Crippen molar-refractivity contribution < 1.29 is 5.21 Å². The topological polar surface area (TPSA) is 73.9 Å². The molecule has 0 spiro atoms. The number of hydrogen-bond donors (Lipinski definition) is 3. The Bertz CT molecular complexity index is 448. The minimum Gasteiger partial charge on any atom is -0.409 e. The van der Waals surface area contributed by atoms with Gasteiger partial charge in [0.2, 0.25) is 0 Å². The Morgan fingerprint density at radius 3 is 2.74 bits per heavy atom. The number of nitrogens with two attached hydrogens (primary N) is 1. The highest BCUT2D eigenvalue weighted by atomic mass is 35.5. The van der Waals surface area contributed by atoms with Crippen molar-refractivity contribution in [3.63, 3.8) is 0 Å². The van der Waals surface area contributed by atoms with Crippen LogP contribution in [0.5, 0.6) is 0 Å². The normalized spacial score (nSPS) is 13.8. The lowest BCUT2D eigenvalue weighted by atomic mass is 10.1. The van der Waals surface area contributed by atoms with E-state index in [1.165, 1.54) is 0 Å². The second-order valence-corrected chi connectivity index (χ2v) is 5.14. The van der Waals surface area contributed by atoms with Crippen molar-refractivity contribution in [2.75, 3.05) is 20.6 Å². The first-order chi connectivity index (χ1) is 8.95. The minimum atomic E-state index is 0.0580. The molecule has 106 valence electrons. The van der Waals surface area contributed by atoms with Crippen LogP contribution < -0.4 is 11.1 Å². The summed E-state index contributed by atoms with van der Waals surface area (Å²) in [6.45, 7) is 3.72. The Labute approximate surface area is 119 Å². The molecule has 5 nitrogen and oxygen atoms in total. The molecule has 4 N–H and O–H groups in total. The lowest BCUT2D eigenvalue weighted by Gasteiger charge is -2.20. The maximum Gasteiger partial charge on any atom is 0.170 e. The van der Waals surface area contributed by atoms with Crippen LogP contribution in [-0.4, -0.2) is 42.6 Å². The summed E-state index contributed by atoms with van der Waals surface area (Å²) >= 11 is 6.17. The summed E-state index contributed by atoms with van der Waals surface area (Å²) < 4.78 is 0. The molecule has 1 aromatic carbocycles. The molecule has 0 fully saturated rings. The largest absolute Gasteiger partial charge is 0.409 e. The molecular formula is C13H21ClN4O. The van der Waals surface area contributed by atoms with E-state index in [9.17, 15) is 0 Å². The lowest BCUT2D eigenvalue weighted by Crippen LogP contribution is -2.35. The van der Waals surface area contributed by atoms with Gasteiger partial charge in [0.05, 0.1) is 0 Å². The highest BCUT2D eigenvalue weighted by Crippen LogP contribution is 2.17. The zero-order chi connectivity index (χ0) is 14.4. The lowest BCUT2D eigenvalue weighted by molar-refractivity contribution is 0.302. The van der Waals surface area contributed by atoms with Crippen LogP contribution >= 0.6 is 11.6 Å². The molecular weight excluding hydrogens is 264 g/mol. The van der Waals surface area contributed by atoms with E-state index in [1.807, 2.05) is 20.2 Å². The van der Waals surface area contributed by atoms with Gasteiger partial charge in [-0.2, -0.15) is 0 Å². The highest BCUT2D eigenvalue weighted by Gasteiger charge is 2.07. The molecule has 1 aromatic rings. The van der Waals surface area contributed by atoms with E-state index < -0.39 is 0 Å². The standard InChI is InChI=1S/C13H21ClN4O/c1-9(18(2)3)7-16-8-11-5-4-10(6-12(11)14)13(15)17-19/h4-6,9,16,19H,7-8H2,1-3H3,(H2,15,17). The smallest absolute Gasteiger partial charge is 0.170 e. The number of benzene rings is 1. The number of likely N-dealkylation sites (N-methyl/N-ethyl adjacent to an activating group) is 1. The van der Waals surface area contributed by atoms with Crippen molar-refractivity contribution in [2.24, 2.45) is 10.9 Å². The third kappa shape index (κ3) is 4.70. The average Bonchev–Trinajstić information content (AvgIpc) is 2.39. The van der Waals surface area contributed by atoms with E-state index >= 15 is 0 Å². The first-order valence-corrected chi connectivity index (χ1v) is 6.47. The van der Waals surface area contributed by atoms with Crippen LogP contribution in [0.4, 0.5) is 0 Å². The van der Waals surface area contributed by atoms with Gasteiger partial charge in [-0.05, 0) is 32.6 Å². The summed E-state index contributed by atoms with van der Waals surface area (Å²) in [5, 5.41) is 15.5. The van der Waals surface area contributed by atoms with E-state index in [-0.39, 0.29) is 5.84 Å².